The van der Waals surface area contributed by atoms with E-state index in [9.17, 15) is 4.79 Å². The lowest BCUT2D eigenvalue weighted by molar-refractivity contribution is -0.180. The third-order valence-corrected chi connectivity index (χ3v) is 5.86. The first kappa shape index (κ1) is 26.7. The molecule has 184 valence electrons. The number of halogens is 2. The highest BCUT2D eigenvalue weighted by Gasteiger charge is 2.37. The van der Waals surface area contributed by atoms with Gasteiger partial charge < -0.3 is 18.9 Å². The number of benzene rings is 2. The second kappa shape index (κ2) is 12.2. The molecule has 0 aliphatic carbocycles. The third-order valence-electron chi connectivity index (χ3n) is 5.32. The van der Waals surface area contributed by atoms with Gasteiger partial charge in [-0.25, -0.2) is 4.79 Å². The molecule has 5 nitrogen and oxygen atoms in total. The fraction of sp³-hybridized carbons (Fsp3) is 0.444. The van der Waals surface area contributed by atoms with E-state index in [-0.39, 0.29) is 28.4 Å². The number of ether oxygens (including phenoxy) is 4. The Bertz CT molecular complexity index is 957. The number of carbonyl (C=O) groups is 1. The maximum atomic E-state index is 12.8. The second-order valence-corrected chi connectivity index (χ2v) is 10.2. The minimum absolute atomic E-state index is 0.0793. The Morgan fingerprint density at radius 3 is 2.56 bits per heavy atom. The molecule has 1 fully saturated rings. The molecule has 7 heteroatoms. The quantitative estimate of drug-likeness (QED) is 0.281. The van der Waals surface area contributed by atoms with Crippen molar-refractivity contribution in [3.8, 4) is 0 Å². The van der Waals surface area contributed by atoms with E-state index in [2.05, 4.69) is 6.58 Å². The van der Waals surface area contributed by atoms with Gasteiger partial charge in [0.25, 0.3) is 0 Å². The smallest absolute Gasteiger partial charge is 0.340 e. The van der Waals surface area contributed by atoms with Crippen molar-refractivity contribution in [2.45, 2.75) is 70.2 Å². The molecule has 0 aromatic heterocycles. The molecule has 0 N–H and O–H groups in total. The molecule has 2 aromatic carbocycles. The predicted molar refractivity (Wildman–Crippen MR) is 134 cm³/mol. The van der Waals surface area contributed by atoms with Gasteiger partial charge in [0, 0.05) is 17.9 Å². The molecule has 1 heterocycles. The van der Waals surface area contributed by atoms with Gasteiger partial charge in [0.05, 0.1) is 41.6 Å². The van der Waals surface area contributed by atoms with Crippen LogP contribution < -0.4 is 0 Å². The Kier molecular flexibility index (Phi) is 9.57. The zero-order valence-electron chi connectivity index (χ0n) is 19.8. The summed E-state index contributed by atoms with van der Waals surface area (Å²) >= 11 is 12.1. The lowest BCUT2D eigenvalue weighted by atomic mass is 9.96. The van der Waals surface area contributed by atoms with Crippen LogP contribution in [0.5, 0.6) is 0 Å². The second-order valence-electron chi connectivity index (χ2n) is 9.35. The highest BCUT2D eigenvalue weighted by molar-refractivity contribution is 6.36. The summed E-state index contributed by atoms with van der Waals surface area (Å²) in [5.74, 6) is -0.564. The highest BCUT2D eigenvalue weighted by Crippen LogP contribution is 2.30. The van der Waals surface area contributed by atoms with Crippen LogP contribution in [-0.2, 0) is 25.6 Å². The molecular formula is C27H32Cl2O5. The van der Waals surface area contributed by atoms with E-state index in [0.29, 0.717) is 31.1 Å². The van der Waals surface area contributed by atoms with Gasteiger partial charge in [-0.1, -0.05) is 60.1 Å². The zero-order valence-corrected chi connectivity index (χ0v) is 21.4. The van der Waals surface area contributed by atoms with Gasteiger partial charge in [0.15, 0.2) is 0 Å². The van der Waals surface area contributed by atoms with Crippen LogP contribution in [0.25, 0.3) is 0 Å². The minimum Gasteiger partial charge on any atom is -0.452 e. The topological polar surface area (TPSA) is 54.0 Å². The standard InChI is InChI=1S/C27H32Cl2O5/c1-5-24(33-26(30)22-12-11-19(28)13-23(22)29)25-15-20(34-27(2,3)4)14-21(32-25)17-31-16-18-9-7-6-8-10-18/h5-13,20-21,24-25H,1,14-17H2,2-4H3/t20-,21-,24?,25+/m0/s1. The summed E-state index contributed by atoms with van der Waals surface area (Å²) in [7, 11) is 0. The number of hydrogen-bond acceptors (Lipinski definition) is 5. The van der Waals surface area contributed by atoms with Crippen molar-refractivity contribution in [1.29, 1.82) is 0 Å². The first-order valence-electron chi connectivity index (χ1n) is 11.4. The van der Waals surface area contributed by atoms with E-state index in [0.717, 1.165) is 5.56 Å². The summed E-state index contributed by atoms with van der Waals surface area (Å²) < 4.78 is 24.2. The van der Waals surface area contributed by atoms with Crippen LogP contribution in [0.1, 0.15) is 49.5 Å². The first-order chi connectivity index (χ1) is 16.1. The summed E-state index contributed by atoms with van der Waals surface area (Å²) in [6, 6.07) is 14.6. The van der Waals surface area contributed by atoms with Crippen molar-refractivity contribution in [1.82, 2.24) is 0 Å². The first-order valence-corrected chi connectivity index (χ1v) is 12.1. The molecule has 2 aromatic rings. The van der Waals surface area contributed by atoms with Crippen LogP contribution in [0.3, 0.4) is 0 Å². The molecule has 1 aliphatic rings. The zero-order chi connectivity index (χ0) is 24.7. The summed E-state index contributed by atoms with van der Waals surface area (Å²) in [6.45, 7) is 10.8. The van der Waals surface area contributed by atoms with Gasteiger partial charge in [-0.05, 0) is 50.6 Å². The van der Waals surface area contributed by atoms with Crippen LogP contribution >= 0.6 is 23.2 Å². The van der Waals surface area contributed by atoms with Crippen LogP contribution in [0.4, 0.5) is 0 Å². The van der Waals surface area contributed by atoms with Crippen molar-refractivity contribution in [2.24, 2.45) is 0 Å². The van der Waals surface area contributed by atoms with Crippen molar-refractivity contribution >= 4 is 29.2 Å². The average molecular weight is 507 g/mol. The molecule has 1 aliphatic heterocycles. The van der Waals surface area contributed by atoms with Crippen molar-refractivity contribution < 1.29 is 23.7 Å². The Balaban J connectivity index is 1.68. The molecule has 1 unspecified atom stereocenters. The Morgan fingerprint density at radius 2 is 1.91 bits per heavy atom. The number of hydrogen-bond donors (Lipinski definition) is 0. The maximum absolute atomic E-state index is 12.8. The van der Waals surface area contributed by atoms with E-state index < -0.39 is 18.2 Å². The van der Waals surface area contributed by atoms with Crippen LogP contribution in [0, 0.1) is 0 Å². The molecule has 0 spiro atoms. The molecule has 0 radical (unpaired) electrons. The van der Waals surface area contributed by atoms with Gasteiger partial charge in [-0.2, -0.15) is 0 Å². The van der Waals surface area contributed by atoms with E-state index in [1.54, 1.807) is 18.2 Å². The highest BCUT2D eigenvalue weighted by atomic mass is 35.5. The SMILES string of the molecule is C=CC(OC(=O)c1ccc(Cl)cc1Cl)[C@H]1C[C@@H](OC(C)(C)C)C[C@@H](COCc2ccccc2)O1. The van der Waals surface area contributed by atoms with Crippen molar-refractivity contribution in [2.75, 3.05) is 6.61 Å². The van der Waals surface area contributed by atoms with Gasteiger partial charge in [-0.3, -0.25) is 0 Å². The third kappa shape index (κ3) is 8.10. The maximum Gasteiger partial charge on any atom is 0.340 e. The normalized spacial score (nSPS) is 21.6. The lowest BCUT2D eigenvalue weighted by Crippen LogP contribution is -2.47. The van der Waals surface area contributed by atoms with E-state index >= 15 is 0 Å². The van der Waals surface area contributed by atoms with Gasteiger partial charge in [0.1, 0.15) is 12.2 Å². The predicted octanol–water partition coefficient (Wildman–Crippen LogP) is 6.65. The number of esters is 1. The summed E-state index contributed by atoms with van der Waals surface area (Å²) in [4.78, 5) is 12.8. The van der Waals surface area contributed by atoms with Gasteiger partial charge >= 0.3 is 5.97 Å². The van der Waals surface area contributed by atoms with Crippen LogP contribution in [0.2, 0.25) is 10.0 Å². The average Bonchev–Trinajstić information content (AvgIpc) is 2.76. The van der Waals surface area contributed by atoms with E-state index in [1.807, 2.05) is 51.1 Å². The molecule has 0 amide bonds. The molecule has 1 saturated heterocycles. The fourth-order valence-electron chi connectivity index (χ4n) is 3.92. The Morgan fingerprint density at radius 1 is 1.18 bits per heavy atom. The molecule has 0 saturated carbocycles. The largest absolute Gasteiger partial charge is 0.452 e. The lowest BCUT2D eigenvalue weighted by Gasteiger charge is -2.40. The fourth-order valence-corrected chi connectivity index (χ4v) is 4.41. The molecule has 0 bridgehead atoms. The van der Waals surface area contributed by atoms with E-state index in [4.69, 9.17) is 42.1 Å². The molecular weight excluding hydrogens is 475 g/mol. The van der Waals surface area contributed by atoms with Crippen molar-refractivity contribution in [3.05, 3.63) is 82.4 Å². The summed E-state index contributed by atoms with van der Waals surface area (Å²) in [6.07, 6.45) is 1.42. The minimum atomic E-state index is -0.678. The number of carbonyl (C=O) groups excluding carboxylic acids is 1. The van der Waals surface area contributed by atoms with E-state index in [1.165, 1.54) is 6.07 Å². The molecule has 3 rings (SSSR count). The molecule has 34 heavy (non-hydrogen) atoms. The number of rotatable bonds is 9. The molecule has 4 atom stereocenters. The van der Waals surface area contributed by atoms with Crippen molar-refractivity contribution in [3.63, 3.8) is 0 Å². The monoisotopic (exact) mass is 506 g/mol. The summed E-state index contributed by atoms with van der Waals surface area (Å²) in [5, 5.41) is 0.670. The van der Waals surface area contributed by atoms with Gasteiger partial charge in [-0.15, -0.1) is 0 Å². The van der Waals surface area contributed by atoms with Crippen LogP contribution in [-0.4, -0.2) is 42.6 Å². The Labute approximate surface area is 211 Å². The van der Waals surface area contributed by atoms with Gasteiger partial charge in [0.2, 0.25) is 0 Å². The van der Waals surface area contributed by atoms with Crippen LogP contribution in [0.15, 0.2) is 61.2 Å². The Hall–Kier alpha value is -1.89. The summed E-state index contributed by atoms with van der Waals surface area (Å²) in [5.41, 5.74) is 1.01.